The van der Waals surface area contributed by atoms with Gasteiger partial charge in [0.05, 0.1) is 6.10 Å². The lowest BCUT2D eigenvalue weighted by Gasteiger charge is -2.28. The van der Waals surface area contributed by atoms with Crippen LogP contribution >= 0.6 is 0 Å². The Morgan fingerprint density at radius 2 is 2.23 bits per heavy atom. The van der Waals surface area contributed by atoms with Crippen LogP contribution in [-0.4, -0.2) is 24.8 Å². The molecule has 1 saturated heterocycles. The van der Waals surface area contributed by atoms with Crippen LogP contribution in [0.15, 0.2) is 0 Å². The highest BCUT2D eigenvalue weighted by atomic mass is 16.5. The maximum atomic E-state index is 5.52. The van der Waals surface area contributed by atoms with Crippen LogP contribution in [0.5, 0.6) is 0 Å². The predicted octanol–water partition coefficient (Wildman–Crippen LogP) is 1.94. The highest BCUT2D eigenvalue weighted by Gasteiger charge is 2.37. The number of ether oxygens (including phenoxy) is 1. The first-order valence-corrected chi connectivity index (χ1v) is 5.67. The van der Waals surface area contributed by atoms with Crippen molar-refractivity contribution in [3.63, 3.8) is 0 Å². The molecule has 1 aliphatic heterocycles. The minimum absolute atomic E-state index is 0.463. The molecule has 0 aromatic carbocycles. The molecule has 0 aromatic heterocycles. The Labute approximate surface area is 81.0 Å². The molecule has 1 saturated carbocycles. The van der Waals surface area contributed by atoms with Crippen molar-refractivity contribution < 1.29 is 4.74 Å². The zero-order chi connectivity index (χ0) is 9.26. The number of hydrogen-bond acceptors (Lipinski definition) is 2. The van der Waals surface area contributed by atoms with Gasteiger partial charge < -0.3 is 10.1 Å². The van der Waals surface area contributed by atoms with Crippen molar-refractivity contribution in [1.82, 2.24) is 5.32 Å². The molecule has 2 aliphatic rings. The fourth-order valence-corrected chi connectivity index (χ4v) is 2.36. The average molecular weight is 183 g/mol. The van der Waals surface area contributed by atoms with Gasteiger partial charge in [-0.25, -0.2) is 0 Å². The molecule has 2 rings (SSSR count). The van der Waals surface area contributed by atoms with Crippen LogP contribution in [-0.2, 0) is 4.74 Å². The van der Waals surface area contributed by atoms with Crippen molar-refractivity contribution in [2.24, 2.45) is 5.92 Å². The summed E-state index contributed by atoms with van der Waals surface area (Å²) >= 11 is 0. The minimum Gasteiger partial charge on any atom is -0.378 e. The molecule has 2 heteroatoms. The molecule has 4 unspecified atom stereocenters. The number of rotatable bonds is 3. The fraction of sp³-hybridized carbons (Fsp3) is 1.00. The molecule has 0 radical (unpaired) electrons. The Hall–Kier alpha value is -0.0800. The highest BCUT2D eigenvalue weighted by molar-refractivity contribution is 4.94. The second kappa shape index (κ2) is 3.97. The van der Waals surface area contributed by atoms with E-state index in [4.69, 9.17) is 4.74 Å². The van der Waals surface area contributed by atoms with Crippen molar-refractivity contribution in [1.29, 1.82) is 0 Å². The highest BCUT2D eigenvalue weighted by Crippen LogP contribution is 2.34. The summed E-state index contributed by atoms with van der Waals surface area (Å²) in [6, 6.07) is 1.56. The lowest BCUT2D eigenvalue weighted by Crippen LogP contribution is -2.39. The summed E-state index contributed by atoms with van der Waals surface area (Å²) in [5.41, 5.74) is 0. The topological polar surface area (TPSA) is 21.3 Å². The molecule has 13 heavy (non-hydrogen) atoms. The molecule has 4 atom stereocenters. The second-order valence-electron chi connectivity index (χ2n) is 4.58. The Balaban J connectivity index is 1.70. The molecule has 0 amide bonds. The van der Waals surface area contributed by atoms with E-state index in [-0.39, 0.29) is 0 Å². The maximum Gasteiger partial charge on any atom is 0.0561 e. The molecule has 76 valence electrons. The van der Waals surface area contributed by atoms with Gasteiger partial charge in [-0.15, -0.1) is 0 Å². The second-order valence-corrected chi connectivity index (χ2v) is 4.58. The van der Waals surface area contributed by atoms with Crippen molar-refractivity contribution in [2.75, 3.05) is 6.61 Å². The molecular weight excluding hydrogens is 162 g/mol. The lowest BCUT2D eigenvalue weighted by atomic mass is 10.0. The van der Waals surface area contributed by atoms with Crippen molar-refractivity contribution >= 4 is 0 Å². The van der Waals surface area contributed by atoms with E-state index in [1.54, 1.807) is 0 Å². The zero-order valence-electron chi connectivity index (χ0n) is 8.75. The van der Waals surface area contributed by atoms with Crippen molar-refractivity contribution in [2.45, 2.75) is 57.7 Å². The van der Waals surface area contributed by atoms with Crippen LogP contribution in [0.3, 0.4) is 0 Å². The van der Waals surface area contributed by atoms with Gasteiger partial charge in [-0.2, -0.15) is 0 Å². The van der Waals surface area contributed by atoms with Crippen LogP contribution in [0, 0.1) is 5.92 Å². The van der Waals surface area contributed by atoms with Gasteiger partial charge >= 0.3 is 0 Å². The number of nitrogens with one attached hydrogen (secondary N) is 1. The minimum atomic E-state index is 0.463. The first kappa shape index (κ1) is 9.47. The molecule has 2 nitrogen and oxygen atoms in total. The summed E-state index contributed by atoms with van der Waals surface area (Å²) in [6.07, 6.45) is 5.62. The smallest absolute Gasteiger partial charge is 0.0561 e. The molecule has 0 bridgehead atoms. The summed E-state index contributed by atoms with van der Waals surface area (Å²) in [5.74, 6) is 0.971. The van der Waals surface area contributed by atoms with Crippen molar-refractivity contribution in [3.8, 4) is 0 Å². The van der Waals surface area contributed by atoms with Gasteiger partial charge in [-0.1, -0.05) is 13.3 Å². The van der Waals surface area contributed by atoms with E-state index in [9.17, 15) is 0 Å². The van der Waals surface area contributed by atoms with Crippen LogP contribution in [0.25, 0.3) is 0 Å². The first-order valence-electron chi connectivity index (χ1n) is 5.67. The van der Waals surface area contributed by atoms with Gasteiger partial charge in [0, 0.05) is 18.7 Å². The monoisotopic (exact) mass is 183 g/mol. The van der Waals surface area contributed by atoms with Gasteiger partial charge in [0.1, 0.15) is 0 Å². The van der Waals surface area contributed by atoms with Gasteiger partial charge in [0.25, 0.3) is 0 Å². The third kappa shape index (κ3) is 2.44. The van der Waals surface area contributed by atoms with Gasteiger partial charge in [0.15, 0.2) is 0 Å². The quantitative estimate of drug-likeness (QED) is 0.722. The fourth-order valence-electron chi connectivity index (χ4n) is 2.36. The molecule has 1 heterocycles. The van der Waals surface area contributed by atoms with E-state index < -0.39 is 0 Å². The van der Waals surface area contributed by atoms with Gasteiger partial charge in [-0.3, -0.25) is 0 Å². The van der Waals surface area contributed by atoms with E-state index in [1.807, 2.05) is 0 Å². The molecule has 1 N–H and O–H groups in total. The SMILES string of the molecule is CCC1CC1NC1CCOC(C)C1. The third-order valence-electron chi connectivity index (χ3n) is 3.38. The summed E-state index contributed by atoms with van der Waals surface area (Å²) in [6.45, 7) is 5.42. The van der Waals surface area contributed by atoms with Crippen LogP contribution in [0.1, 0.15) is 39.5 Å². The Kier molecular flexibility index (Phi) is 2.89. The lowest BCUT2D eigenvalue weighted by molar-refractivity contribution is 0.0128. The zero-order valence-corrected chi connectivity index (χ0v) is 8.75. The average Bonchev–Trinajstić information content (AvgIpc) is 2.83. The molecule has 0 spiro atoms. The van der Waals surface area contributed by atoms with E-state index in [0.717, 1.165) is 24.6 Å². The van der Waals surface area contributed by atoms with Crippen LogP contribution in [0.2, 0.25) is 0 Å². The largest absolute Gasteiger partial charge is 0.378 e. The Morgan fingerprint density at radius 3 is 2.85 bits per heavy atom. The molecule has 2 fully saturated rings. The van der Waals surface area contributed by atoms with Crippen LogP contribution < -0.4 is 5.32 Å². The number of hydrogen-bond donors (Lipinski definition) is 1. The van der Waals surface area contributed by atoms with Gasteiger partial charge in [0.2, 0.25) is 0 Å². The summed E-state index contributed by atoms with van der Waals surface area (Å²) < 4.78 is 5.52. The van der Waals surface area contributed by atoms with Gasteiger partial charge in [-0.05, 0) is 32.1 Å². The third-order valence-corrected chi connectivity index (χ3v) is 3.38. The summed E-state index contributed by atoms with van der Waals surface area (Å²) in [5, 5.41) is 3.74. The Morgan fingerprint density at radius 1 is 1.38 bits per heavy atom. The van der Waals surface area contributed by atoms with E-state index in [0.29, 0.717) is 6.10 Å². The van der Waals surface area contributed by atoms with Crippen LogP contribution in [0.4, 0.5) is 0 Å². The molecular formula is C11H21NO. The van der Waals surface area contributed by atoms with Crippen molar-refractivity contribution in [3.05, 3.63) is 0 Å². The summed E-state index contributed by atoms with van der Waals surface area (Å²) in [7, 11) is 0. The standard InChI is InChI=1S/C11H21NO/c1-3-9-7-11(9)12-10-4-5-13-8(2)6-10/h8-12H,3-7H2,1-2H3. The summed E-state index contributed by atoms with van der Waals surface area (Å²) in [4.78, 5) is 0. The normalized spacial score (nSPS) is 44.8. The van der Waals surface area contributed by atoms with E-state index in [2.05, 4.69) is 19.2 Å². The maximum absolute atomic E-state index is 5.52. The molecule has 1 aliphatic carbocycles. The van der Waals surface area contributed by atoms with E-state index >= 15 is 0 Å². The Bertz CT molecular complexity index is 171. The first-order chi connectivity index (χ1) is 6.29. The molecule has 0 aromatic rings. The predicted molar refractivity (Wildman–Crippen MR) is 53.8 cm³/mol. The van der Waals surface area contributed by atoms with E-state index in [1.165, 1.54) is 25.7 Å².